The molecule has 1 fully saturated rings. The summed E-state index contributed by atoms with van der Waals surface area (Å²) in [5.41, 5.74) is 0.455. The summed E-state index contributed by atoms with van der Waals surface area (Å²) in [7, 11) is 1.55. The molecule has 1 N–H and O–H groups in total. The zero-order chi connectivity index (χ0) is 19.5. The normalized spacial score (nSPS) is 14.1. The molecule has 2 heterocycles. The third kappa shape index (κ3) is 4.23. The molecule has 8 heteroatoms. The molecule has 1 aliphatic rings. The number of thiazole rings is 1. The Bertz CT molecular complexity index is 1070. The molecule has 4 rings (SSSR count). The van der Waals surface area contributed by atoms with Crippen LogP contribution in [-0.4, -0.2) is 29.5 Å². The second-order valence-corrected chi connectivity index (χ2v) is 7.35. The van der Waals surface area contributed by atoms with Crippen molar-refractivity contribution in [2.24, 2.45) is 4.99 Å². The van der Waals surface area contributed by atoms with E-state index in [1.807, 2.05) is 16.1 Å². The van der Waals surface area contributed by atoms with E-state index in [1.165, 1.54) is 11.3 Å². The van der Waals surface area contributed by atoms with Crippen LogP contribution in [-0.2, 0) is 6.54 Å². The monoisotopic (exact) mass is 397 g/mol. The number of rotatable bonds is 6. The summed E-state index contributed by atoms with van der Waals surface area (Å²) in [5.74, 6) is 0.979. The number of amides is 2. The zero-order valence-electron chi connectivity index (χ0n) is 15.3. The highest BCUT2D eigenvalue weighted by Crippen LogP contribution is 2.20. The summed E-state index contributed by atoms with van der Waals surface area (Å²) < 4.78 is 12.6. The third-order valence-corrected chi connectivity index (χ3v) is 5.09. The minimum atomic E-state index is -0.348. The molecular weight excluding hydrogens is 378 g/mol. The maximum Gasteiger partial charge on any atom is 0.287 e. The Hall–Kier alpha value is -3.13. The van der Waals surface area contributed by atoms with Crippen molar-refractivity contribution >= 4 is 23.2 Å². The fraction of sp³-hybridized carbons (Fsp3) is 0.250. The van der Waals surface area contributed by atoms with E-state index in [9.17, 15) is 9.59 Å². The Morgan fingerprint density at radius 1 is 1.32 bits per heavy atom. The van der Waals surface area contributed by atoms with Crippen molar-refractivity contribution in [2.75, 3.05) is 7.11 Å². The number of nitrogens with zero attached hydrogens (tertiary/aromatic N) is 2. The minimum absolute atomic E-state index is 0.192. The Kier molecular flexibility index (Phi) is 5.12. The summed E-state index contributed by atoms with van der Waals surface area (Å²) in [4.78, 5) is 29.3. The second kappa shape index (κ2) is 7.85. The van der Waals surface area contributed by atoms with E-state index < -0.39 is 0 Å². The van der Waals surface area contributed by atoms with Gasteiger partial charge in [-0.2, -0.15) is 4.99 Å². The number of hydrogen-bond donors (Lipinski definition) is 1. The molecular formula is C20H19N3O4S. The number of hydrogen-bond acceptors (Lipinski definition) is 5. The Morgan fingerprint density at radius 2 is 2.18 bits per heavy atom. The largest absolute Gasteiger partial charge is 0.497 e. The van der Waals surface area contributed by atoms with Gasteiger partial charge in [0, 0.05) is 23.2 Å². The van der Waals surface area contributed by atoms with Crippen molar-refractivity contribution in [3.63, 3.8) is 0 Å². The molecule has 0 radical (unpaired) electrons. The van der Waals surface area contributed by atoms with E-state index >= 15 is 0 Å². The molecule has 0 aliphatic heterocycles. The molecule has 2 aromatic heterocycles. The lowest BCUT2D eigenvalue weighted by Crippen LogP contribution is -2.24. The highest BCUT2D eigenvalue weighted by Gasteiger charge is 2.25. The van der Waals surface area contributed by atoms with Crippen molar-refractivity contribution in [1.29, 1.82) is 0 Å². The van der Waals surface area contributed by atoms with E-state index in [4.69, 9.17) is 9.15 Å². The molecule has 0 bridgehead atoms. The highest BCUT2D eigenvalue weighted by molar-refractivity contribution is 7.07. The Balaban J connectivity index is 1.51. The first-order chi connectivity index (χ1) is 13.6. The smallest absolute Gasteiger partial charge is 0.287 e. The standard InChI is InChI=1S/C20H19N3O4S/c1-26-15-4-2-3-13(11-15)18(24)22-20-23(9-10-28-20)12-16-7-8-17(27-16)19(25)21-14-5-6-14/h2-4,7-11,14H,5-6,12H2,1H3,(H,21,25). The molecule has 144 valence electrons. The summed E-state index contributed by atoms with van der Waals surface area (Å²) in [5, 5.41) is 4.75. The maximum atomic E-state index is 12.5. The van der Waals surface area contributed by atoms with Gasteiger partial charge in [-0.25, -0.2) is 0 Å². The summed E-state index contributed by atoms with van der Waals surface area (Å²) >= 11 is 1.35. The number of furan rings is 1. The van der Waals surface area contributed by atoms with Gasteiger partial charge in [0.05, 0.1) is 13.7 Å². The first kappa shape index (κ1) is 18.2. The summed E-state index contributed by atoms with van der Waals surface area (Å²) in [6, 6.07) is 10.6. The van der Waals surface area contributed by atoms with Crippen molar-refractivity contribution < 1.29 is 18.7 Å². The van der Waals surface area contributed by atoms with Crippen molar-refractivity contribution in [3.8, 4) is 5.75 Å². The quantitative estimate of drug-likeness (QED) is 0.693. The van der Waals surface area contributed by atoms with Gasteiger partial charge in [0.2, 0.25) is 0 Å². The number of ether oxygens (including phenoxy) is 1. The lowest BCUT2D eigenvalue weighted by atomic mass is 10.2. The van der Waals surface area contributed by atoms with Gasteiger partial charge in [-0.05, 0) is 43.2 Å². The van der Waals surface area contributed by atoms with Crippen LogP contribution in [0.3, 0.4) is 0 Å². The van der Waals surface area contributed by atoms with E-state index in [-0.39, 0.29) is 17.9 Å². The molecule has 7 nitrogen and oxygen atoms in total. The molecule has 3 aromatic rings. The van der Waals surface area contributed by atoms with Gasteiger partial charge in [-0.15, -0.1) is 11.3 Å². The Morgan fingerprint density at radius 3 is 2.96 bits per heavy atom. The zero-order valence-corrected chi connectivity index (χ0v) is 16.1. The number of benzene rings is 1. The third-order valence-electron chi connectivity index (χ3n) is 4.30. The van der Waals surface area contributed by atoms with Crippen LogP contribution in [0, 0.1) is 0 Å². The molecule has 0 saturated heterocycles. The lowest BCUT2D eigenvalue weighted by Gasteiger charge is -2.02. The lowest BCUT2D eigenvalue weighted by molar-refractivity contribution is 0.0920. The van der Waals surface area contributed by atoms with Crippen molar-refractivity contribution in [2.45, 2.75) is 25.4 Å². The molecule has 1 saturated carbocycles. The number of nitrogens with one attached hydrogen (secondary N) is 1. The molecule has 2 amide bonds. The van der Waals surface area contributed by atoms with Gasteiger partial charge in [0.15, 0.2) is 10.6 Å². The van der Waals surface area contributed by atoms with Crippen LogP contribution in [0.1, 0.15) is 39.5 Å². The van der Waals surface area contributed by atoms with Crippen LogP contribution in [0.5, 0.6) is 5.75 Å². The van der Waals surface area contributed by atoms with E-state index in [0.29, 0.717) is 34.2 Å². The van der Waals surface area contributed by atoms with Crippen LogP contribution in [0.15, 0.2) is 57.4 Å². The SMILES string of the molecule is COc1cccc(C(=O)N=c2sccn2Cc2ccc(C(=O)NC3CC3)o2)c1. The van der Waals surface area contributed by atoms with Gasteiger partial charge in [-0.3, -0.25) is 9.59 Å². The van der Waals surface area contributed by atoms with E-state index in [1.54, 1.807) is 43.5 Å². The number of carbonyl (C=O) groups excluding carboxylic acids is 2. The molecule has 1 aromatic carbocycles. The predicted octanol–water partition coefficient (Wildman–Crippen LogP) is 2.83. The molecule has 1 aliphatic carbocycles. The molecule has 28 heavy (non-hydrogen) atoms. The van der Waals surface area contributed by atoms with Gasteiger partial charge in [0.25, 0.3) is 11.8 Å². The second-order valence-electron chi connectivity index (χ2n) is 6.48. The first-order valence-electron chi connectivity index (χ1n) is 8.89. The molecule has 0 unspecified atom stereocenters. The fourth-order valence-electron chi connectivity index (χ4n) is 2.65. The van der Waals surface area contributed by atoms with Gasteiger partial charge in [-0.1, -0.05) is 6.07 Å². The fourth-order valence-corrected chi connectivity index (χ4v) is 3.38. The Labute approximate surface area is 165 Å². The average Bonchev–Trinajstić information content (AvgIpc) is 3.22. The van der Waals surface area contributed by atoms with Gasteiger partial charge < -0.3 is 19.0 Å². The van der Waals surface area contributed by atoms with Crippen LogP contribution in [0.2, 0.25) is 0 Å². The number of aromatic nitrogens is 1. The first-order valence-corrected chi connectivity index (χ1v) is 9.77. The number of methoxy groups -OCH3 is 1. The van der Waals surface area contributed by atoms with Crippen LogP contribution in [0.25, 0.3) is 0 Å². The van der Waals surface area contributed by atoms with Gasteiger partial charge >= 0.3 is 0 Å². The van der Waals surface area contributed by atoms with E-state index in [0.717, 1.165) is 12.8 Å². The van der Waals surface area contributed by atoms with Crippen LogP contribution < -0.4 is 14.9 Å². The molecule has 0 spiro atoms. The minimum Gasteiger partial charge on any atom is -0.497 e. The van der Waals surface area contributed by atoms with Crippen LogP contribution in [0.4, 0.5) is 0 Å². The van der Waals surface area contributed by atoms with Gasteiger partial charge in [0.1, 0.15) is 11.5 Å². The summed E-state index contributed by atoms with van der Waals surface area (Å²) in [6.45, 7) is 0.379. The predicted molar refractivity (Wildman–Crippen MR) is 103 cm³/mol. The summed E-state index contributed by atoms with van der Waals surface area (Å²) in [6.07, 6.45) is 3.88. The average molecular weight is 397 g/mol. The topological polar surface area (TPSA) is 85.8 Å². The van der Waals surface area contributed by atoms with Crippen molar-refractivity contribution in [1.82, 2.24) is 9.88 Å². The van der Waals surface area contributed by atoms with E-state index in [2.05, 4.69) is 10.3 Å². The van der Waals surface area contributed by atoms with Crippen LogP contribution >= 0.6 is 11.3 Å². The maximum absolute atomic E-state index is 12.5. The highest BCUT2D eigenvalue weighted by atomic mass is 32.1. The van der Waals surface area contributed by atoms with Crippen molar-refractivity contribution in [3.05, 3.63) is 69.9 Å². The molecule has 0 atom stereocenters. The number of carbonyl (C=O) groups is 2.